The Morgan fingerprint density at radius 1 is 1.10 bits per heavy atom. The van der Waals surface area contributed by atoms with Gasteiger partial charge in [-0.15, -0.1) is 0 Å². The van der Waals surface area contributed by atoms with E-state index in [9.17, 15) is 23.2 Å². The fourth-order valence-corrected chi connectivity index (χ4v) is 6.32. The number of piperidine rings is 1. The van der Waals surface area contributed by atoms with Gasteiger partial charge in [-0.05, 0) is 53.0 Å². The highest BCUT2D eigenvalue weighted by molar-refractivity contribution is 5.69. The minimum Gasteiger partial charge on any atom is -0.444 e. The van der Waals surface area contributed by atoms with Gasteiger partial charge < -0.3 is 24.2 Å². The Hall–Kier alpha value is -3.04. The average molecular weight is 577 g/mol. The molecule has 12 heteroatoms. The predicted octanol–water partition coefficient (Wildman–Crippen LogP) is 4.42. The summed E-state index contributed by atoms with van der Waals surface area (Å²) in [5.74, 6) is 0.239. The number of carbonyl (C=O) groups is 1. The van der Waals surface area contributed by atoms with E-state index in [4.69, 9.17) is 9.47 Å². The molecule has 0 bridgehead atoms. The van der Waals surface area contributed by atoms with Crippen LogP contribution in [0.25, 0.3) is 0 Å². The van der Waals surface area contributed by atoms with Gasteiger partial charge >= 0.3 is 12.3 Å². The first-order valence-corrected chi connectivity index (χ1v) is 14.3. The van der Waals surface area contributed by atoms with Crippen molar-refractivity contribution in [2.75, 3.05) is 62.2 Å². The molecule has 4 aliphatic rings. The average Bonchev–Trinajstić information content (AvgIpc) is 3.13. The molecule has 5 rings (SSSR count). The number of ether oxygens (including phenoxy) is 2. The molecule has 3 saturated heterocycles. The molecular weight excluding hydrogens is 537 g/mol. The maximum absolute atomic E-state index is 14.1. The summed E-state index contributed by atoms with van der Waals surface area (Å²) < 4.78 is 54.0. The van der Waals surface area contributed by atoms with Crippen molar-refractivity contribution in [1.29, 1.82) is 5.26 Å². The van der Waals surface area contributed by atoms with Crippen LogP contribution < -0.4 is 9.80 Å². The Morgan fingerprint density at radius 3 is 2.24 bits per heavy atom. The first-order valence-electron chi connectivity index (χ1n) is 14.3. The van der Waals surface area contributed by atoms with Gasteiger partial charge in [0, 0.05) is 64.5 Å². The van der Waals surface area contributed by atoms with Gasteiger partial charge in [0.05, 0.1) is 17.4 Å². The van der Waals surface area contributed by atoms with Crippen molar-refractivity contribution in [3.63, 3.8) is 0 Å². The highest BCUT2D eigenvalue weighted by Gasteiger charge is 2.44. The molecule has 0 aromatic carbocycles. The van der Waals surface area contributed by atoms with Gasteiger partial charge in [0.25, 0.3) is 0 Å². The number of rotatable bonds is 3. The molecule has 41 heavy (non-hydrogen) atoms. The van der Waals surface area contributed by atoms with Crippen molar-refractivity contribution >= 4 is 17.6 Å². The van der Waals surface area contributed by atoms with E-state index in [1.165, 1.54) is 5.57 Å². The number of carbonyl (C=O) groups excluding carboxylic acids is 1. The summed E-state index contributed by atoms with van der Waals surface area (Å²) in [4.78, 5) is 24.0. The summed E-state index contributed by atoms with van der Waals surface area (Å²) >= 11 is 0. The van der Waals surface area contributed by atoms with Gasteiger partial charge in [-0.25, -0.2) is 9.78 Å². The predicted molar refractivity (Wildman–Crippen MR) is 148 cm³/mol. The summed E-state index contributed by atoms with van der Waals surface area (Å²) in [7, 11) is 0. The van der Waals surface area contributed by atoms with Crippen molar-refractivity contribution in [3.8, 4) is 6.07 Å². The molecule has 3 fully saturated rings. The van der Waals surface area contributed by atoms with Crippen LogP contribution in [0.2, 0.25) is 0 Å². The highest BCUT2D eigenvalue weighted by Crippen LogP contribution is 2.42. The Labute approximate surface area is 239 Å². The van der Waals surface area contributed by atoms with Crippen LogP contribution in [-0.4, -0.2) is 96.6 Å². The Morgan fingerprint density at radius 2 is 1.73 bits per heavy atom. The molecule has 1 aromatic heterocycles. The van der Waals surface area contributed by atoms with Crippen molar-refractivity contribution in [2.24, 2.45) is 0 Å². The van der Waals surface area contributed by atoms with Crippen LogP contribution in [0.4, 0.5) is 29.5 Å². The lowest BCUT2D eigenvalue weighted by Crippen LogP contribution is -2.64. The largest absolute Gasteiger partial charge is 0.444 e. The van der Waals surface area contributed by atoms with Gasteiger partial charge in [-0.2, -0.15) is 18.4 Å². The quantitative estimate of drug-likeness (QED) is 0.489. The highest BCUT2D eigenvalue weighted by atomic mass is 19.4. The molecule has 1 unspecified atom stereocenters. The second-order valence-electron chi connectivity index (χ2n) is 12.5. The van der Waals surface area contributed by atoms with Crippen molar-refractivity contribution in [1.82, 2.24) is 14.8 Å². The fraction of sp³-hybridized carbons (Fsp3) is 0.690. The van der Waals surface area contributed by atoms with E-state index in [1.54, 1.807) is 17.0 Å². The lowest BCUT2D eigenvalue weighted by Gasteiger charge is -2.49. The third-order valence-electron chi connectivity index (χ3n) is 8.56. The molecule has 0 radical (unpaired) electrons. The van der Waals surface area contributed by atoms with Crippen LogP contribution >= 0.6 is 0 Å². The third kappa shape index (κ3) is 5.97. The minimum atomic E-state index is -4.75. The molecule has 224 valence electrons. The first-order chi connectivity index (χ1) is 19.2. The van der Waals surface area contributed by atoms with Crippen LogP contribution in [0.5, 0.6) is 0 Å². The normalized spacial score (nSPS) is 23.8. The van der Waals surface area contributed by atoms with Crippen molar-refractivity contribution < 1.29 is 27.4 Å². The van der Waals surface area contributed by atoms with Crippen LogP contribution in [0, 0.1) is 11.3 Å². The Bertz CT molecular complexity index is 1230. The van der Waals surface area contributed by atoms with E-state index in [0.29, 0.717) is 65.2 Å². The maximum Gasteiger partial charge on any atom is 0.434 e. The number of piperazine rings is 1. The van der Waals surface area contributed by atoms with Crippen LogP contribution in [-0.2, 0) is 15.7 Å². The van der Waals surface area contributed by atoms with Gasteiger partial charge in [0.1, 0.15) is 23.1 Å². The van der Waals surface area contributed by atoms with Gasteiger partial charge in [-0.1, -0.05) is 6.08 Å². The maximum atomic E-state index is 14.1. The summed E-state index contributed by atoms with van der Waals surface area (Å²) in [5, 5.41) is 9.79. The van der Waals surface area contributed by atoms with Gasteiger partial charge in [0.2, 0.25) is 0 Å². The fourth-order valence-electron chi connectivity index (χ4n) is 6.32. The van der Waals surface area contributed by atoms with E-state index in [0.717, 1.165) is 0 Å². The Kier molecular flexibility index (Phi) is 7.66. The number of halogens is 3. The number of hydrogen-bond donors (Lipinski definition) is 0. The number of nitriles is 1. The van der Waals surface area contributed by atoms with Gasteiger partial charge in [0.15, 0.2) is 5.69 Å². The molecule has 5 heterocycles. The number of aromatic nitrogens is 1. The zero-order valence-corrected chi connectivity index (χ0v) is 24.4. The standard InChI is InChI=1S/C29H39F3N6O3/c1-19-14-20(2)40-28(19)6-8-36(9-7-28)24-15-23(22(16-33)25(34-24)29(30,31)32)38-17-21(18-38)35-10-12-37(13-11-35)26(39)41-27(3,4)5/h14-15,20-21H,6-13,17-18H2,1-5H3. The smallest absolute Gasteiger partial charge is 0.434 e. The minimum absolute atomic E-state index is 0.0256. The number of alkyl halides is 3. The zero-order valence-electron chi connectivity index (χ0n) is 24.4. The monoisotopic (exact) mass is 576 g/mol. The van der Waals surface area contributed by atoms with Crippen LogP contribution in [0.15, 0.2) is 17.7 Å². The van der Waals surface area contributed by atoms with Crippen LogP contribution in [0.3, 0.4) is 0 Å². The second-order valence-corrected chi connectivity index (χ2v) is 12.5. The summed E-state index contributed by atoms with van der Waals surface area (Å²) in [6.45, 7) is 13.9. The summed E-state index contributed by atoms with van der Waals surface area (Å²) in [5.41, 5.74) is -1.05. The molecule has 0 aliphatic carbocycles. The molecule has 1 amide bonds. The Balaban J connectivity index is 1.28. The number of pyridine rings is 1. The van der Waals surface area contributed by atoms with Crippen LogP contribution in [0.1, 0.15) is 58.7 Å². The zero-order chi connectivity index (χ0) is 29.7. The number of nitrogens with zero attached hydrogens (tertiary/aromatic N) is 6. The van der Waals surface area contributed by atoms with Crippen molar-refractivity contribution in [2.45, 2.75) is 77.0 Å². The molecule has 1 spiro atoms. The van der Waals surface area contributed by atoms with E-state index in [-0.39, 0.29) is 35.3 Å². The SMILES string of the molecule is CC1=CC(C)OC12CCN(c1cc(N3CC(N4CCN(C(=O)OC(C)(C)C)CC4)C3)c(C#N)c(C(F)(F)F)n1)CC2. The third-order valence-corrected chi connectivity index (χ3v) is 8.56. The number of amides is 1. The van der Waals surface area contributed by atoms with E-state index < -0.39 is 23.0 Å². The van der Waals surface area contributed by atoms with Gasteiger partial charge in [-0.3, -0.25) is 4.90 Å². The van der Waals surface area contributed by atoms with E-state index in [1.807, 2.05) is 37.5 Å². The molecule has 1 aromatic rings. The molecule has 4 aliphatic heterocycles. The summed E-state index contributed by atoms with van der Waals surface area (Å²) in [6.07, 6.45) is -1.62. The second kappa shape index (κ2) is 10.7. The summed E-state index contributed by atoms with van der Waals surface area (Å²) in [6, 6.07) is 3.56. The van der Waals surface area contributed by atoms with Crippen molar-refractivity contribution in [3.05, 3.63) is 29.0 Å². The molecular formula is C29H39F3N6O3. The molecule has 9 nitrogen and oxygen atoms in total. The lowest BCUT2D eigenvalue weighted by molar-refractivity contribution is -0.141. The topological polar surface area (TPSA) is 85.2 Å². The molecule has 0 N–H and O–H groups in total. The van der Waals surface area contributed by atoms with E-state index in [2.05, 4.69) is 22.9 Å². The molecule has 0 saturated carbocycles. The number of hydrogen-bond acceptors (Lipinski definition) is 8. The molecule has 1 atom stereocenters. The lowest BCUT2D eigenvalue weighted by atomic mass is 9.85. The number of anilines is 2. The van der Waals surface area contributed by atoms with E-state index >= 15 is 0 Å². The first kappa shape index (κ1) is 29.5.